The van der Waals surface area contributed by atoms with Crippen LogP contribution < -0.4 is 4.90 Å². The van der Waals surface area contributed by atoms with Crippen molar-refractivity contribution in [1.29, 1.82) is 0 Å². The third-order valence-corrected chi connectivity index (χ3v) is 12.7. The van der Waals surface area contributed by atoms with Gasteiger partial charge in [-0.3, -0.25) is 0 Å². The third-order valence-electron chi connectivity index (χ3n) is 12.7. The second-order valence-electron chi connectivity index (χ2n) is 17.3. The van der Waals surface area contributed by atoms with E-state index in [4.69, 9.17) is 0 Å². The van der Waals surface area contributed by atoms with Gasteiger partial charge in [-0.05, 0) is 90.9 Å². The largest absolute Gasteiger partial charge is 0.309 e. The highest BCUT2D eigenvalue weighted by molar-refractivity contribution is 5.95. The van der Waals surface area contributed by atoms with E-state index in [9.17, 15) is 0 Å². The Labute approximate surface area is 337 Å². The van der Waals surface area contributed by atoms with E-state index in [2.05, 4.69) is 234 Å². The first-order valence-electron chi connectivity index (χ1n) is 20.3. The van der Waals surface area contributed by atoms with Gasteiger partial charge in [0.2, 0.25) is 0 Å². The molecule has 0 N–H and O–H groups in total. The minimum atomic E-state index is -0.520. The molecule has 1 spiro atoms. The second kappa shape index (κ2) is 13.1. The van der Waals surface area contributed by atoms with Crippen LogP contribution in [-0.2, 0) is 16.2 Å². The molecule has 0 heterocycles. The Kier molecular flexibility index (Phi) is 8.03. The Morgan fingerprint density at radius 1 is 0.386 bits per heavy atom. The average molecular weight is 734 g/mol. The van der Waals surface area contributed by atoms with Crippen molar-refractivity contribution in [3.05, 3.63) is 233 Å². The third kappa shape index (κ3) is 5.22. The minimum absolute atomic E-state index is 0.0405. The lowest BCUT2D eigenvalue weighted by atomic mass is 9.55. The molecule has 1 heteroatoms. The van der Waals surface area contributed by atoms with Crippen LogP contribution in [0.4, 0.5) is 17.1 Å². The first-order valence-corrected chi connectivity index (χ1v) is 20.3. The van der Waals surface area contributed by atoms with Crippen LogP contribution >= 0.6 is 0 Å². The summed E-state index contributed by atoms with van der Waals surface area (Å²) in [5.41, 5.74) is 19.7. The Morgan fingerprint density at radius 2 is 0.860 bits per heavy atom. The highest BCUT2D eigenvalue weighted by Gasteiger charge is 2.54. The number of nitrogens with zero attached hydrogens (tertiary/aromatic N) is 1. The van der Waals surface area contributed by atoms with Crippen molar-refractivity contribution in [3.63, 3.8) is 0 Å². The van der Waals surface area contributed by atoms with Gasteiger partial charge in [0.05, 0.1) is 16.8 Å². The van der Waals surface area contributed by atoms with E-state index in [0.29, 0.717) is 0 Å². The van der Waals surface area contributed by atoms with Gasteiger partial charge in [-0.25, -0.2) is 0 Å². The lowest BCUT2D eigenvalue weighted by Crippen LogP contribution is -2.41. The number of para-hydroxylation sites is 2. The number of hydrogen-bond acceptors (Lipinski definition) is 1. The maximum Gasteiger partial charge on any atom is 0.0720 e. The van der Waals surface area contributed by atoms with Crippen LogP contribution in [-0.4, -0.2) is 0 Å². The molecule has 8 aromatic rings. The molecule has 0 aromatic heterocycles. The molecular formula is C56H47N. The fourth-order valence-corrected chi connectivity index (χ4v) is 10.2. The molecule has 0 amide bonds. The molecule has 10 rings (SSSR count). The summed E-state index contributed by atoms with van der Waals surface area (Å²) >= 11 is 0. The predicted octanol–water partition coefficient (Wildman–Crippen LogP) is 14.8. The number of anilines is 3. The highest BCUT2D eigenvalue weighted by Crippen LogP contribution is 2.64. The van der Waals surface area contributed by atoms with Crippen LogP contribution in [0.2, 0.25) is 0 Å². The van der Waals surface area contributed by atoms with Gasteiger partial charge in [-0.15, -0.1) is 0 Å². The first-order chi connectivity index (χ1) is 27.7. The molecule has 276 valence electrons. The molecule has 0 fully saturated rings. The van der Waals surface area contributed by atoms with E-state index in [1.54, 1.807) is 0 Å². The van der Waals surface area contributed by atoms with Gasteiger partial charge in [-0.2, -0.15) is 0 Å². The van der Waals surface area contributed by atoms with Crippen molar-refractivity contribution in [2.24, 2.45) is 0 Å². The van der Waals surface area contributed by atoms with E-state index in [-0.39, 0.29) is 10.8 Å². The van der Waals surface area contributed by atoms with Crippen LogP contribution in [0.15, 0.2) is 194 Å². The molecule has 8 aromatic carbocycles. The SMILES string of the molecule is CC(C)(C)c1cccc2c1-c1ccccc1C21c2ccccc2C(C)(C)c2ccc(N(c3ccccc3-c3ccccc3)c3ccccc3-c3ccccc3)cc21. The average Bonchev–Trinajstić information content (AvgIpc) is 3.55. The van der Waals surface area contributed by atoms with Crippen molar-refractivity contribution in [1.82, 2.24) is 0 Å². The minimum Gasteiger partial charge on any atom is -0.309 e. The lowest BCUT2D eigenvalue weighted by molar-refractivity contribution is 0.561. The summed E-state index contributed by atoms with van der Waals surface area (Å²) in [5.74, 6) is 0. The molecule has 1 unspecified atom stereocenters. The Balaban J connectivity index is 1.33. The Hall–Kier alpha value is -6.44. The predicted molar refractivity (Wildman–Crippen MR) is 240 cm³/mol. The molecular weight excluding hydrogens is 687 g/mol. The highest BCUT2D eigenvalue weighted by atomic mass is 15.1. The first kappa shape index (κ1) is 35.0. The van der Waals surface area contributed by atoms with Crippen LogP contribution in [0, 0.1) is 0 Å². The fourth-order valence-electron chi connectivity index (χ4n) is 10.2. The summed E-state index contributed by atoms with van der Waals surface area (Å²) < 4.78 is 0. The van der Waals surface area contributed by atoms with Crippen molar-refractivity contribution < 1.29 is 0 Å². The van der Waals surface area contributed by atoms with E-state index >= 15 is 0 Å². The summed E-state index contributed by atoms with van der Waals surface area (Å²) in [6, 6.07) is 72.3. The molecule has 0 saturated heterocycles. The molecule has 0 bridgehead atoms. The molecule has 0 saturated carbocycles. The normalized spacial score (nSPS) is 16.0. The summed E-state index contributed by atoms with van der Waals surface area (Å²) in [7, 11) is 0. The number of rotatable bonds is 5. The fraction of sp³-hybridized carbons (Fsp3) is 0.143. The van der Waals surface area contributed by atoms with Gasteiger partial charge >= 0.3 is 0 Å². The van der Waals surface area contributed by atoms with E-state index in [1.165, 1.54) is 72.3 Å². The topological polar surface area (TPSA) is 3.24 Å². The summed E-state index contributed by atoms with van der Waals surface area (Å²) in [6.07, 6.45) is 0. The molecule has 0 aliphatic heterocycles. The van der Waals surface area contributed by atoms with Gasteiger partial charge in [0.25, 0.3) is 0 Å². The smallest absolute Gasteiger partial charge is 0.0720 e. The number of benzene rings is 8. The maximum atomic E-state index is 2.55. The van der Waals surface area contributed by atoms with E-state index in [1.807, 2.05) is 0 Å². The molecule has 2 aliphatic rings. The van der Waals surface area contributed by atoms with Crippen LogP contribution in [0.5, 0.6) is 0 Å². The Morgan fingerprint density at radius 3 is 1.46 bits per heavy atom. The second-order valence-corrected chi connectivity index (χ2v) is 17.3. The van der Waals surface area contributed by atoms with Crippen LogP contribution in [0.25, 0.3) is 33.4 Å². The van der Waals surface area contributed by atoms with Crippen molar-refractivity contribution >= 4 is 17.1 Å². The number of hydrogen-bond donors (Lipinski definition) is 0. The number of fused-ring (bicyclic) bond motifs is 9. The molecule has 0 radical (unpaired) electrons. The van der Waals surface area contributed by atoms with Crippen molar-refractivity contribution in [2.45, 2.75) is 50.9 Å². The summed E-state index contributed by atoms with van der Waals surface area (Å²) in [5, 5.41) is 0. The van der Waals surface area contributed by atoms with Gasteiger partial charge < -0.3 is 4.90 Å². The Bertz CT molecular complexity index is 2720. The summed E-state index contributed by atoms with van der Waals surface area (Å²) in [6.45, 7) is 11.9. The monoisotopic (exact) mass is 733 g/mol. The van der Waals surface area contributed by atoms with Crippen molar-refractivity contribution in [3.8, 4) is 33.4 Å². The van der Waals surface area contributed by atoms with Crippen LogP contribution in [0.1, 0.15) is 73.6 Å². The van der Waals surface area contributed by atoms with E-state index < -0.39 is 5.41 Å². The molecule has 1 nitrogen and oxygen atoms in total. The van der Waals surface area contributed by atoms with Gasteiger partial charge in [0, 0.05) is 22.2 Å². The molecule has 2 aliphatic carbocycles. The van der Waals surface area contributed by atoms with Crippen LogP contribution in [0.3, 0.4) is 0 Å². The van der Waals surface area contributed by atoms with Gasteiger partial charge in [0.1, 0.15) is 0 Å². The zero-order valence-electron chi connectivity index (χ0n) is 33.4. The van der Waals surface area contributed by atoms with Gasteiger partial charge in [-0.1, -0.05) is 204 Å². The molecule has 1 atom stereocenters. The molecule has 57 heavy (non-hydrogen) atoms. The van der Waals surface area contributed by atoms with Gasteiger partial charge in [0.15, 0.2) is 0 Å². The summed E-state index contributed by atoms with van der Waals surface area (Å²) in [4.78, 5) is 2.51. The lowest BCUT2D eigenvalue weighted by Gasteiger charge is -2.47. The van der Waals surface area contributed by atoms with E-state index in [0.717, 1.165) is 17.1 Å². The maximum absolute atomic E-state index is 2.55. The standard InChI is InChI=1S/C56H47N/c1-54(2,3)48-31-20-32-49-53(48)43-27-12-15-28-44(43)56(49)47-30-17-16-29-45(47)55(4,5)46-36-35-40(37-50(46)56)57(51-33-18-13-25-41(51)38-21-8-6-9-22-38)52-34-19-14-26-42(52)39-23-10-7-11-24-39/h6-37H,1-5H3. The zero-order valence-corrected chi connectivity index (χ0v) is 33.4. The zero-order chi connectivity index (χ0) is 38.9. The van der Waals surface area contributed by atoms with Crippen molar-refractivity contribution in [2.75, 3.05) is 4.90 Å². The quantitative estimate of drug-likeness (QED) is 0.170.